The molecule has 1 N–H and O–H groups in total. The molecule has 0 aromatic rings. The molecule has 2 rings (SSSR count). The van der Waals surface area contributed by atoms with Gasteiger partial charge in [-0.3, -0.25) is 4.79 Å². The van der Waals surface area contributed by atoms with Crippen LogP contribution in [0.15, 0.2) is 0 Å². The Kier molecular flexibility index (Phi) is 2.06. The topological polar surface area (TPSA) is 40.5 Å². The van der Waals surface area contributed by atoms with Gasteiger partial charge in [-0.1, -0.05) is 0 Å². The summed E-state index contributed by atoms with van der Waals surface area (Å²) in [6.45, 7) is 2.21. The summed E-state index contributed by atoms with van der Waals surface area (Å²) in [6, 6.07) is 0. The summed E-state index contributed by atoms with van der Waals surface area (Å²) in [5.74, 6) is -0.608. The minimum Gasteiger partial charge on any atom is -0.481 e. The van der Waals surface area contributed by atoms with Crippen molar-refractivity contribution in [2.75, 3.05) is 20.1 Å². The van der Waals surface area contributed by atoms with Crippen molar-refractivity contribution in [3.05, 3.63) is 0 Å². The zero-order valence-electron chi connectivity index (χ0n) is 8.12. The standard InChI is InChI=1S/C10H17NO2/c1-11-5-2-3-10(4-6-11)7-8(10)9(12)13/h8H,2-7H2,1H3,(H,12,13). The summed E-state index contributed by atoms with van der Waals surface area (Å²) in [6.07, 6.45) is 4.30. The van der Waals surface area contributed by atoms with Gasteiger partial charge in [-0.2, -0.15) is 0 Å². The maximum atomic E-state index is 10.8. The summed E-state index contributed by atoms with van der Waals surface area (Å²) in [5, 5.41) is 8.91. The molecule has 0 aromatic heterocycles. The van der Waals surface area contributed by atoms with Crippen molar-refractivity contribution in [3.8, 4) is 0 Å². The number of carboxylic acids is 1. The molecule has 2 fully saturated rings. The summed E-state index contributed by atoms with van der Waals surface area (Å²) in [5.41, 5.74) is 0.191. The normalized spacial score (nSPS) is 40.2. The maximum Gasteiger partial charge on any atom is 0.307 e. The zero-order valence-corrected chi connectivity index (χ0v) is 8.12. The third-order valence-corrected chi connectivity index (χ3v) is 3.69. The number of likely N-dealkylation sites (tertiary alicyclic amines) is 1. The van der Waals surface area contributed by atoms with Crippen molar-refractivity contribution in [1.29, 1.82) is 0 Å². The molecule has 1 aliphatic carbocycles. The van der Waals surface area contributed by atoms with Crippen LogP contribution in [0, 0.1) is 11.3 Å². The van der Waals surface area contributed by atoms with Gasteiger partial charge in [0.2, 0.25) is 0 Å². The van der Waals surface area contributed by atoms with E-state index in [2.05, 4.69) is 11.9 Å². The Labute approximate surface area is 78.7 Å². The van der Waals surface area contributed by atoms with Gasteiger partial charge in [-0.05, 0) is 51.2 Å². The van der Waals surface area contributed by atoms with Crippen LogP contribution in [-0.4, -0.2) is 36.1 Å². The summed E-state index contributed by atoms with van der Waals surface area (Å²) in [7, 11) is 2.12. The lowest BCUT2D eigenvalue weighted by atomic mass is 9.94. The van der Waals surface area contributed by atoms with E-state index < -0.39 is 5.97 Å². The lowest BCUT2D eigenvalue weighted by molar-refractivity contribution is -0.139. The third kappa shape index (κ3) is 1.57. The molecule has 0 radical (unpaired) electrons. The molecule has 0 amide bonds. The van der Waals surface area contributed by atoms with Crippen LogP contribution in [-0.2, 0) is 4.79 Å². The first-order valence-electron chi connectivity index (χ1n) is 5.05. The molecule has 0 aromatic carbocycles. The third-order valence-electron chi connectivity index (χ3n) is 3.69. The number of hydrogen-bond donors (Lipinski definition) is 1. The van der Waals surface area contributed by atoms with Crippen LogP contribution in [0.5, 0.6) is 0 Å². The molecular weight excluding hydrogens is 166 g/mol. The average molecular weight is 183 g/mol. The van der Waals surface area contributed by atoms with Crippen LogP contribution in [0.3, 0.4) is 0 Å². The molecule has 13 heavy (non-hydrogen) atoms. The van der Waals surface area contributed by atoms with Crippen molar-refractivity contribution < 1.29 is 9.90 Å². The van der Waals surface area contributed by atoms with Gasteiger partial charge in [-0.15, -0.1) is 0 Å². The molecule has 2 aliphatic rings. The first-order chi connectivity index (χ1) is 6.14. The highest BCUT2D eigenvalue weighted by Crippen LogP contribution is 2.59. The Balaban J connectivity index is 1.98. The average Bonchev–Trinajstić information content (AvgIpc) is 2.79. The Morgan fingerprint density at radius 3 is 2.85 bits per heavy atom. The van der Waals surface area contributed by atoms with Gasteiger partial charge in [0.1, 0.15) is 0 Å². The maximum absolute atomic E-state index is 10.8. The number of carboxylic acid groups (broad SMARTS) is 1. The van der Waals surface area contributed by atoms with Crippen LogP contribution in [0.4, 0.5) is 0 Å². The van der Waals surface area contributed by atoms with E-state index in [1.165, 1.54) is 6.42 Å². The lowest BCUT2D eigenvalue weighted by Gasteiger charge is -2.13. The van der Waals surface area contributed by atoms with Gasteiger partial charge in [0.25, 0.3) is 0 Å². The second-order valence-electron chi connectivity index (χ2n) is 4.61. The highest BCUT2D eigenvalue weighted by Gasteiger charge is 2.57. The molecule has 2 unspecified atom stereocenters. The quantitative estimate of drug-likeness (QED) is 0.664. The second kappa shape index (κ2) is 2.98. The van der Waals surface area contributed by atoms with Crippen LogP contribution in [0.2, 0.25) is 0 Å². The fraction of sp³-hybridized carbons (Fsp3) is 0.900. The molecule has 0 bridgehead atoms. The molecule has 1 saturated carbocycles. The fourth-order valence-corrected chi connectivity index (χ4v) is 2.60. The molecule has 74 valence electrons. The van der Waals surface area contributed by atoms with Crippen molar-refractivity contribution in [3.63, 3.8) is 0 Å². The Morgan fingerprint density at radius 2 is 2.23 bits per heavy atom. The minimum absolute atomic E-state index is 0.0287. The van der Waals surface area contributed by atoms with Crippen LogP contribution in [0.1, 0.15) is 25.7 Å². The van der Waals surface area contributed by atoms with E-state index in [9.17, 15) is 4.79 Å². The lowest BCUT2D eigenvalue weighted by Crippen LogP contribution is -2.19. The molecule has 1 spiro atoms. The number of rotatable bonds is 1. The first-order valence-corrected chi connectivity index (χ1v) is 5.05. The van der Waals surface area contributed by atoms with Crippen molar-refractivity contribution in [2.45, 2.75) is 25.7 Å². The van der Waals surface area contributed by atoms with E-state index in [1.807, 2.05) is 0 Å². The molecule has 3 heteroatoms. The van der Waals surface area contributed by atoms with E-state index in [0.29, 0.717) is 0 Å². The zero-order chi connectivity index (χ0) is 9.47. The van der Waals surface area contributed by atoms with Crippen molar-refractivity contribution in [1.82, 2.24) is 4.90 Å². The fourth-order valence-electron chi connectivity index (χ4n) is 2.60. The van der Waals surface area contributed by atoms with Gasteiger partial charge >= 0.3 is 5.97 Å². The summed E-state index contributed by atoms with van der Waals surface area (Å²) in [4.78, 5) is 13.1. The number of aliphatic carboxylic acids is 1. The highest BCUT2D eigenvalue weighted by molar-refractivity contribution is 5.74. The SMILES string of the molecule is CN1CCCC2(CC1)CC2C(=O)O. The number of hydrogen-bond acceptors (Lipinski definition) is 2. The van der Waals surface area contributed by atoms with Gasteiger partial charge in [0.15, 0.2) is 0 Å². The van der Waals surface area contributed by atoms with E-state index in [0.717, 1.165) is 32.4 Å². The summed E-state index contributed by atoms with van der Waals surface area (Å²) >= 11 is 0. The Bertz CT molecular complexity index is 229. The van der Waals surface area contributed by atoms with E-state index in [1.54, 1.807) is 0 Å². The van der Waals surface area contributed by atoms with Gasteiger partial charge < -0.3 is 10.0 Å². The molecule has 1 aliphatic heterocycles. The van der Waals surface area contributed by atoms with E-state index in [-0.39, 0.29) is 11.3 Å². The molecule has 1 saturated heterocycles. The number of nitrogens with zero attached hydrogens (tertiary/aromatic N) is 1. The van der Waals surface area contributed by atoms with Crippen LogP contribution < -0.4 is 0 Å². The van der Waals surface area contributed by atoms with Crippen LogP contribution >= 0.6 is 0 Å². The smallest absolute Gasteiger partial charge is 0.307 e. The van der Waals surface area contributed by atoms with Gasteiger partial charge in [0, 0.05) is 0 Å². The number of carbonyl (C=O) groups is 1. The second-order valence-corrected chi connectivity index (χ2v) is 4.61. The van der Waals surface area contributed by atoms with Crippen molar-refractivity contribution >= 4 is 5.97 Å². The highest BCUT2D eigenvalue weighted by atomic mass is 16.4. The van der Waals surface area contributed by atoms with E-state index >= 15 is 0 Å². The molecule has 3 nitrogen and oxygen atoms in total. The predicted octanol–water partition coefficient (Wildman–Crippen LogP) is 1.19. The van der Waals surface area contributed by atoms with Gasteiger partial charge in [0.05, 0.1) is 5.92 Å². The Morgan fingerprint density at radius 1 is 1.46 bits per heavy atom. The monoisotopic (exact) mass is 183 g/mol. The minimum atomic E-state index is -0.579. The molecule has 1 heterocycles. The predicted molar refractivity (Wildman–Crippen MR) is 49.5 cm³/mol. The largest absolute Gasteiger partial charge is 0.481 e. The molecular formula is C10H17NO2. The van der Waals surface area contributed by atoms with Crippen molar-refractivity contribution in [2.24, 2.45) is 11.3 Å². The summed E-state index contributed by atoms with van der Waals surface area (Å²) < 4.78 is 0. The molecule has 2 atom stereocenters. The first kappa shape index (κ1) is 9.00. The Hall–Kier alpha value is -0.570. The van der Waals surface area contributed by atoms with Gasteiger partial charge in [-0.25, -0.2) is 0 Å². The van der Waals surface area contributed by atoms with Crippen LogP contribution in [0.25, 0.3) is 0 Å². The van der Waals surface area contributed by atoms with E-state index in [4.69, 9.17) is 5.11 Å².